The van der Waals surface area contributed by atoms with Gasteiger partial charge in [0.05, 0.1) is 21.3 Å². The van der Waals surface area contributed by atoms with Gasteiger partial charge >= 0.3 is 0 Å². The molecule has 0 aliphatic heterocycles. The van der Waals surface area contributed by atoms with Gasteiger partial charge in [0.15, 0.2) is 11.5 Å². The quantitative estimate of drug-likeness (QED) is 0.905. The number of rotatable bonds is 5. The SMILES string of the molecule is COc1cc2c(c(OC)c1OC)[C@@H](C)CC=C2[C@@H](C)CO. The molecule has 116 valence electrons. The molecule has 4 nitrogen and oxygen atoms in total. The Hall–Kier alpha value is -1.68. The highest BCUT2D eigenvalue weighted by Gasteiger charge is 2.29. The Morgan fingerprint density at radius 3 is 2.38 bits per heavy atom. The van der Waals surface area contributed by atoms with E-state index in [-0.39, 0.29) is 12.5 Å². The second-order valence-corrected chi connectivity index (χ2v) is 5.49. The van der Waals surface area contributed by atoms with Crippen LogP contribution in [0.25, 0.3) is 5.57 Å². The molecule has 4 heteroatoms. The van der Waals surface area contributed by atoms with Crippen LogP contribution >= 0.6 is 0 Å². The number of benzene rings is 1. The summed E-state index contributed by atoms with van der Waals surface area (Å²) in [6.07, 6.45) is 3.14. The Morgan fingerprint density at radius 2 is 1.86 bits per heavy atom. The van der Waals surface area contributed by atoms with Crippen LogP contribution in [-0.2, 0) is 0 Å². The van der Waals surface area contributed by atoms with E-state index in [2.05, 4.69) is 13.0 Å². The molecule has 1 aliphatic rings. The van der Waals surface area contributed by atoms with Crippen molar-refractivity contribution in [2.24, 2.45) is 5.92 Å². The molecule has 0 heterocycles. The Morgan fingerprint density at radius 1 is 1.19 bits per heavy atom. The number of hydrogen-bond acceptors (Lipinski definition) is 4. The third-order valence-corrected chi connectivity index (χ3v) is 4.17. The fraction of sp³-hybridized carbons (Fsp3) is 0.529. The molecule has 1 aromatic carbocycles. The minimum atomic E-state index is 0.0825. The van der Waals surface area contributed by atoms with Gasteiger partial charge in [-0.05, 0) is 29.5 Å². The van der Waals surface area contributed by atoms with Gasteiger partial charge < -0.3 is 19.3 Å². The number of ether oxygens (including phenoxy) is 3. The topological polar surface area (TPSA) is 47.9 Å². The maximum absolute atomic E-state index is 9.50. The lowest BCUT2D eigenvalue weighted by atomic mass is 9.79. The van der Waals surface area contributed by atoms with E-state index in [0.717, 1.165) is 28.9 Å². The maximum atomic E-state index is 9.50. The molecular weight excluding hydrogens is 268 g/mol. The monoisotopic (exact) mass is 292 g/mol. The molecule has 0 radical (unpaired) electrons. The number of aliphatic hydroxyl groups excluding tert-OH is 1. The second kappa shape index (κ2) is 6.39. The van der Waals surface area contributed by atoms with E-state index in [1.165, 1.54) is 0 Å². The van der Waals surface area contributed by atoms with E-state index in [0.29, 0.717) is 17.4 Å². The van der Waals surface area contributed by atoms with Crippen LogP contribution < -0.4 is 14.2 Å². The summed E-state index contributed by atoms with van der Waals surface area (Å²) < 4.78 is 16.5. The minimum absolute atomic E-state index is 0.0825. The van der Waals surface area contributed by atoms with Gasteiger partial charge in [0.25, 0.3) is 0 Å². The lowest BCUT2D eigenvalue weighted by molar-refractivity contribution is 0.265. The summed E-state index contributed by atoms with van der Waals surface area (Å²) in [6.45, 7) is 4.31. The molecule has 0 aromatic heterocycles. The predicted octanol–water partition coefficient (Wildman–Crippen LogP) is 3.23. The van der Waals surface area contributed by atoms with Crippen LogP contribution in [0.4, 0.5) is 0 Å². The van der Waals surface area contributed by atoms with Crippen LogP contribution in [0.1, 0.15) is 37.3 Å². The van der Waals surface area contributed by atoms with E-state index in [9.17, 15) is 5.11 Å². The second-order valence-electron chi connectivity index (χ2n) is 5.49. The standard InChI is InChI=1S/C17H24O4/c1-10-6-7-12(11(2)9-18)13-8-14(19-3)16(20-4)17(21-5)15(10)13/h7-8,10-11,18H,6,9H2,1-5H3/t10-,11-/m0/s1. The number of methoxy groups -OCH3 is 3. The first-order chi connectivity index (χ1) is 10.1. The molecule has 0 spiro atoms. The maximum Gasteiger partial charge on any atom is 0.203 e. The minimum Gasteiger partial charge on any atom is -0.493 e. The summed E-state index contributed by atoms with van der Waals surface area (Å²) in [5, 5.41) is 9.50. The predicted molar refractivity (Wildman–Crippen MR) is 83.4 cm³/mol. The molecule has 0 saturated carbocycles. The number of allylic oxidation sites excluding steroid dienone is 1. The van der Waals surface area contributed by atoms with Gasteiger partial charge in [-0.1, -0.05) is 19.9 Å². The van der Waals surface area contributed by atoms with Crippen molar-refractivity contribution in [1.29, 1.82) is 0 Å². The van der Waals surface area contributed by atoms with Gasteiger partial charge in [0.2, 0.25) is 5.75 Å². The third kappa shape index (κ3) is 2.60. The van der Waals surface area contributed by atoms with Crippen LogP contribution in [0.15, 0.2) is 12.1 Å². The number of hydrogen-bond donors (Lipinski definition) is 1. The average molecular weight is 292 g/mol. The van der Waals surface area contributed by atoms with E-state index >= 15 is 0 Å². The molecular formula is C17H24O4. The zero-order chi connectivity index (χ0) is 15.6. The molecule has 2 atom stereocenters. The molecule has 0 fully saturated rings. The molecule has 2 rings (SSSR count). The molecule has 0 amide bonds. The largest absolute Gasteiger partial charge is 0.493 e. The van der Waals surface area contributed by atoms with Gasteiger partial charge in [-0.3, -0.25) is 0 Å². The van der Waals surface area contributed by atoms with E-state index in [1.807, 2.05) is 13.0 Å². The Kier molecular flexibility index (Phi) is 4.78. The Labute approximate surface area is 126 Å². The van der Waals surface area contributed by atoms with Crippen molar-refractivity contribution in [3.8, 4) is 17.2 Å². The fourth-order valence-corrected chi connectivity index (χ4v) is 3.00. The molecule has 0 unspecified atom stereocenters. The highest BCUT2D eigenvalue weighted by molar-refractivity contribution is 5.78. The Balaban J connectivity index is 2.72. The van der Waals surface area contributed by atoms with Gasteiger partial charge in [-0.25, -0.2) is 0 Å². The summed E-state index contributed by atoms with van der Waals surface area (Å²) in [6, 6.07) is 1.99. The lowest BCUT2D eigenvalue weighted by Gasteiger charge is -2.29. The van der Waals surface area contributed by atoms with Crippen molar-refractivity contribution in [1.82, 2.24) is 0 Å². The van der Waals surface area contributed by atoms with Gasteiger partial charge in [-0.15, -0.1) is 0 Å². The summed E-state index contributed by atoms with van der Waals surface area (Å²) in [7, 11) is 4.89. The normalized spacial score (nSPS) is 18.6. The highest BCUT2D eigenvalue weighted by atomic mass is 16.5. The van der Waals surface area contributed by atoms with Gasteiger partial charge in [0.1, 0.15) is 0 Å². The first kappa shape index (κ1) is 15.7. The zero-order valence-electron chi connectivity index (χ0n) is 13.4. The van der Waals surface area contributed by atoms with Crippen molar-refractivity contribution in [3.63, 3.8) is 0 Å². The van der Waals surface area contributed by atoms with E-state index in [1.54, 1.807) is 21.3 Å². The smallest absolute Gasteiger partial charge is 0.203 e. The zero-order valence-corrected chi connectivity index (χ0v) is 13.4. The molecule has 0 bridgehead atoms. The summed E-state index contributed by atoms with van der Waals surface area (Å²) in [5.41, 5.74) is 3.36. The molecule has 21 heavy (non-hydrogen) atoms. The van der Waals surface area contributed by atoms with Crippen molar-refractivity contribution in [3.05, 3.63) is 23.3 Å². The van der Waals surface area contributed by atoms with Gasteiger partial charge in [-0.2, -0.15) is 0 Å². The van der Waals surface area contributed by atoms with Gasteiger partial charge in [0, 0.05) is 18.1 Å². The van der Waals surface area contributed by atoms with E-state index in [4.69, 9.17) is 14.2 Å². The summed E-state index contributed by atoms with van der Waals surface area (Å²) >= 11 is 0. The first-order valence-electron chi connectivity index (χ1n) is 7.23. The number of aliphatic hydroxyl groups is 1. The fourth-order valence-electron chi connectivity index (χ4n) is 3.00. The van der Waals surface area contributed by atoms with Crippen LogP contribution in [0.5, 0.6) is 17.2 Å². The lowest BCUT2D eigenvalue weighted by Crippen LogP contribution is -2.14. The van der Waals surface area contributed by atoms with Crippen molar-refractivity contribution in [2.75, 3.05) is 27.9 Å². The molecule has 1 aromatic rings. The summed E-state index contributed by atoms with van der Waals surface area (Å²) in [4.78, 5) is 0. The Bertz CT molecular complexity index is 548. The van der Waals surface area contributed by atoms with Crippen LogP contribution in [0.2, 0.25) is 0 Å². The summed E-state index contributed by atoms with van der Waals surface area (Å²) in [5.74, 6) is 2.43. The first-order valence-corrected chi connectivity index (χ1v) is 7.23. The molecule has 1 aliphatic carbocycles. The number of fused-ring (bicyclic) bond motifs is 1. The third-order valence-electron chi connectivity index (χ3n) is 4.17. The van der Waals surface area contributed by atoms with Crippen LogP contribution in [0.3, 0.4) is 0 Å². The van der Waals surface area contributed by atoms with Crippen molar-refractivity contribution >= 4 is 5.57 Å². The van der Waals surface area contributed by atoms with Crippen LogP contribution in [0, 0.1) is 5.92 Å². The van der Waals surface area contributed by atoms with Crippen molar-refractivity contribution in [2.45, 2.75) is 26.2 Å². The highest BCUT2D eigenvalue weighted by Crippen LogP contribution is 2.50. The van der Waals surface area contributed by atoms with E-state index < -0.39 is 0 Å². The average Bonchev–Trinajstić information content (AvgIpc) is 2.52. The molecule has 1 N–H and O–H groups in total. The van der Waals surface area contributed by atoms with Crippen molar-refractivity contribution < 1.29 is 19.3 Å². The molecule has 0 saturated heterocycles. The van der Waals surface area contributed by atoms with Crippen LogP contribution in [-0.4, -0.2) is 33.0 Å².